The summed E-state index contributed by atoms with van der Waals surface area (Å²) >= 11 is 5.90. The standard InChI is InChI=1S/C14H12ClF/c1-9-8-12(15)4-5-13(9)11-3-6-14(16)10(2)7-11/h3-8H,1-2H3. The Bertz CT molecular complexity index is 532. The van der Waals surface area contributed by atoms with Crippen molar-refractivity contribution in [3.63, 3.8) is 0 Å². The average molecular weight is 235 g/mol. The van der Waals surface area contributed by atoms with Gasteiger partial charge in [0.05, 0.1) is 0 Å². The lowest BCUT2D eigenvalue weighted by atomic mass is 9.99. The molecule has 2 heteroatoms. The normalized spacial score (nSPS) is 10.5. The third-order valence-electron chi connectivity index (χ3n) is 2.66. The van der Waals surface area contributed by atoms with Crippen LogP contribution in [0.5, 0.6) is 0 Å². The largest absolute Gasteiger partial charge is 0.207 e. The molecule has 0 nitrogen and oxygen atoms in total. The van der Waals surface area contributed by atoms with Crippen LogP contribution in [0.25, 0.3) is 11.1 Å². The van der Waals surface area contributed by atoms with Crippen LogP contribution in [-0.4, -0.2) is 0 Å². The highest BCUT2D eigenvalue weighted by Gasteiger charge is 2.04. The molecule has 0 radical (unpaired) electrons. The Labute approximate surface area is 99.7 Å². The molecule has 0 saturated heterocycles. The number of hydrogen-bond acceptors (Lipinski definition) is 0. The highest BCUT2D eigenvalue weighted by Crippen LogP contribution is 2.27. The SMILES string of the molecule is Cc1cc(-c2ccc(Cl)cc2C)ccc1F. The molecule has 0 aliphatic carbocycles. The minimum atomic E-state index is -0.171. The summed E-state index contributed by atoms with van der Waals surface area (Å²) in [6.07, 6.45) is 0. The van der Waals surface area contributed by atoms with E-state index in [0.717, 1.165) is 21.7 Å². The Kier molecular flexibility index (Phi) is 2.97. The molecule has 0 fully saturated rings. The lowest BCUT2D eigenvalue weighted by Gasteiger charge is -2.07. The van der Waals surface area contributed by atoms with Crippen LogP contribution in [0.4, 0.5) is 4.39 Å². The van der Waals surface area contributed by atoms with Gasteiger partial charge in [0.25, 0.3) is 0 Å². The minimum absolute atomic E-state index is 0.171. The van der Waals surface area contributed by atoms with Gasteiger partial charge in [0.2, 0.25) is 0 Å². The summed E-state index contributed by atoms with van der Waals surface area (Å²) in [6.45, 7) is 3.77. The predicted molar refractivity (Wildman–Crippen MR) is 66.3 cm³/mol. The van der Waals surface area contributed by atoms with Gasteiger partial charge in [-0.1, -0.05) is 23.7 Å². The molecule has 0 bridgehead atoms. The molecule has 2 aromatic rings. The van der Waals surface area contributed by atoms with Gasteiger partial charge < -0.3 is 0 Å². The van der Waals surface area contributed by atoms with E-state index in [9.17, 15) is 4.39 Å². The summed E-state index contributed by atoms with van der Waals surface area (Å²) in [5.41, 5.74) is 3.87. The fourth-order valence-electron chi connectivity index (χ4n) is 1.76. The van der Waals surface area contributed by atoms with Gasteiger partial charge in [0.1, 0.15) is 5.82 Å². The molecule has 2 rings (SSSR count). The monoisotopic (exact) mass is 234 g/mol. The first-order valence-electron chi connectivity index (χ1n) is 5.10. The van der Waals surface area contributed by atoms with E-state index in [2.05, 4.69) is 0 Å². The lowest BCUT2D eigenvalue weighted by Crippen LogP contribution is -1.87. The zero-order valence-corrected chi connectivity index (χ0v) is 9.98. The number of aryl methyl sites for hydroxylation is 2. The first kappa shape index (κ1) is 11.2. The fraction of sp³-hybridized carbons (Fsp3) is 0.143. The Balaban J connectivity index is 2.54. The van der Waals surface area contributed by atoms with Gasteiger partial charge in [-0.05, 0) is 60.4 Å². The number of halogens is 2. The van der Waals surface area contributed by atoms with Crippen LogP contribution >= 0.6 is 11.6 Å². The van der Waals surface area contributed by atoms with Crippen LogP contribution in [0, 0.1) is 19.7 Å². The van der Waals surface area contributed by atoms with Crippen LogP contribution in [0.2, 0.25) is 5.02 Å². The molecular weight excluding hydrogens is 223 g/mol. The van der Waals surface area contributed by atoms with Crippen molar-refractivity contribution in [2.75, 3.05) is 0 Å². The van der Waals surface area contributed by atoms with Crippen molar-refractivity contribution in [1.29, 1.82) is 0 Å². The molecule has 16 heavy (non-hydrogen) atoms. The second kappa shape index (κ2) is 4.26. The predicted octanol–water partition coefficient (Wildman–Crippen LogP) is 4.76. The van der Waals surface area contributed by atoms with Gasteiger partial charge in [-0.25, -0.2) is 4.39 Å². The van der Waals surface area contributed by atoms with E-state index in [4.69, 9.17) is 11.6 Å². The molecule has 0 N–H and O–H groups in total. The molecule has 0 saturated carbocycles. The molecule has 0 aliphatic rings. The van der Waals surface area contributed by atoms with Gasteiger partial charge in [-0.15, -0.1) is 0 Å². The Hall–Kier alpha value is -1.34. The first-order valence-corrected chi connectivity index (χ1v) is 5.48. The number of rotatable bonds is 1. The fourth-order valence-corrected chi connectivity index (χ4v) is 1.99. The Morgan fingerprint density at radius 3 is 2.31 bits per heavy atom. The van der Waals surface area contributed by atoms with Crippen LogP contribution in [0.15, 0.2) is 36.4 Å². The van der Waals surface area contributed by atoms with Gasteiger partial charge in [0.15, 0.2) is 0 Å². The first-order chi connectivity index (χ1) is 7.58. The van der Waals surface area contributed by atoms with Crippen LogP contribution < -0.4 is 0 Å². The van der Waals surface area contributed by atoms with Crippen molar-refractivity contribution in [3.8, 4) is 11.1 Å². The minimum Gasteiger partial charge on any atom is -0.207 e. The van der Waals surface area contributed by atoms with E-state index in [0.29, 0.717) is 5.56 Å². The summed E-state index contributed by atoms with van der Waals surface area (Å²) in [5, 5.41) is 0.722. The van der Waals surface area contributed by atoms with E-state index < -0.39 is 0 Å². The Morgan fingerprint density at radius 1 is 0.938 bits per heavy atom. The van der Waals surface area contributed by atoms with E-state index in [1.165, 1.54) is 6.07 Å². The highest BCUT2D eigenvalue weighted by molar-refractivity contribution is 6.30. The van der Waals surface area contributed by atoms with E-state index >= 15 is 0 Å². The molecule has 0 spiro atoms. The molecule has 0 atom stereocenters. The summed E-state index contributed by atoms with van der Waals surface area (Å²) in [4.78, 5) is 0. The van der Waals surface area contributed by atoms with Crippen molar-refractivity contribution in [2.45, 2.75) is 13.8 Å². The van der Waals surface area contributed by atoms with E-state index in [1.807, 2.05) is 31.2 Å². The van der Waals surface area contributed by atoms with Crippen LogP contribution in [0.3, 0.4) is 0 Å². The topological polar surface area (TPSA) is 0 Å². The van der Waals surface area contributed by atoms with Crippen LogP contribution in [-0.2, 0) is 0 Å². The van der Waals surface area contributed by atoms with Gasteiger partial charge in [-0.3, -0.25) is 0 Å². The zero-order chi connectivity index (χ0) is 11.7. The van der Waals surface area contributed by atoms with Crippen molar-refractivity contribution in [1.82, 2.24) is 0 Å². The Morgan fingerprint density at radius 2 is 1.69 bits per heavy atom. The van der Waals surface area contributed by atoms with E-state index in [-0.39, 0.29) is 5.82 Å². The van der Waals surface area contributed by atoms with E-state index in [1.54, 1.807) is 13.0 Å². The summed E-state index contributed by atoms with van der Waals surface area (Å²) in [5.74, 6) is -0.171. The zero-order valence-electron chi connectivity index (χ0n) is 9.22. The molecule has 2 aromatic carbocycles. The van der Waals surface area contributed by atoms with Crippen LogP contribution in [0.1, 0.15) is 11.1 Å². The van der Waals surface area contributed by atoms with Crippen molar-refractivity contribution in [2.24, 2.45) is 0 Å². The lowest BCUT2D eigenvalue weighted by molar-refractivity contribution is 0.619. The second-order valence-electron chi connectivity index (χ2n) is 3.92. The molecule has 82 valence electrons. The molecule has 0 aromatic heterocycles. The van der Waals surface area contributed by atoms with Crippen molar-refractivity contribution < 1.29 is 4.39 Å². The molecule has 0 amide bonds. The summed E-state index contributed by atoms with van der Waals surface area (Å²) in [6, 6.07) is 10.9. The molecular formula is C14H12ClF. The smallest absolute Gasteiger partial charge is 0.126 e. The number of benzene rings is 2. The molecule has 0 heterocycles. The maximum absolute atomic E-state index is 13.2. The molecule has 0 aliphatic heterocycles. The quantitative estimate of drug-likeness (QED) is 0.667. The maximum atomic E-state index is 13.2. The van der Waals surface area contributed by atoms with Gasteiger partial charge in [-0.2, -0.15) is 0 Å². The summed E-state index contributed by atoms with van der Waals surface area (Å²) < 4.78 is 13.2. The average Bonchev–Trinajstić information content (AvgIpc) is 2.22. The van der Waals surface area contributed by atoms with Gasteiger partial charge in [0, 0.05) is 5.02 Å². The van der Waals surface area contributed by atoms with Crippen molar-refractivity contribution >= 4 is 11.6 Å². The third-order valence-corrected chi connectivity index (χ3v) is 2.89. The van der Waals surface area contributed by atoms with Crippen molar-refractivity contribution in [3.05, 3.63) is 58.4 Å². The highest BCUT2D eigenvalue weighted by atomic mass is 35.5. The third kappa shape index (κ3) is 2.10. The van der Waals surface area contributed by atoms with Gasteiger partial charge >= 0.3 is 0 Å². The summed E-state index contributed by atoms with van der Waals surface area (Å²) in [7, 11) is 0. The maximum Gasteiger partial charge on any atom is 0.126 e. The molecule has 0 unspecified atom stereocenters. The number of hydrogen-bond donors (Lipinski definition) is 0. The second-order valence-corrected chi connectivity index (χ2v) is 4.36.